The van der Waals surface area contributed by atoms with Crippen LogP contribution in [0.25, 0.3) is 0 Å². The molecule has 3 nitrogen and oxygen atoms in total. The number of rotatable bonds is 2. The minimum atomic E-state index is -0.370. The maximum Gasteiger partial charge on any atom is 0.125 e. The number of hydrogen-bond acceptors (Lipinski definition) is 2. The fourth-order valence-electron chi connectivity index (χ4n) is 2.94. The molecule has 3 rings (SSSR count). The number of nitrogens with one attached hydrogen (secondary N) is 1. The molecule has 4 heteroatoms. The molecule has 0 saturated carbocycles. The molecular weight excluding hydrogens is 265 g/mol. The Bertz CT molecular complexity index is 709. The lowest BCUT2D eigenvalue weighted by Gasteiger charge is -2.33. The van der Waals surface area contributed by atoms with Gasteiger partial charge in [0.05, 0.1) is 5.69 Å². The van der Waals surface area contributed by atoms with Crippen molar-refractivity contribution in [2.75, 3.05) is 11.4 Å². The van der Waals surface area contributed by atoms with Crippen LogP contribution in [0.3, 0.4) is 0 Å². The summed E-state index contributed by atoms with van der Waals surface area (Å²) >= 11 is 0. The molecule has 0 bridgehead atoms. The van der Waals surface area contributed by atoms with Gasteiger partial charge >= 0.3 is 0 Å². The van der Waals surface area contributed by atoms with Gasteiger partial charge in [0.1, 0.15) is 11.7 Å². The van der Waals surface area contributed by atoms with Crippen molar-refractivity contribution in [1.29, 1.82) is 5.41 Å². The van der Waals surface area contributed by atoms with Crippen molar-refractivity contribution < 1.29 is 4.39 Å². The van der Waals surface area contributed by atoms with Gasteiger partial charge in [-0.1, -0.05) is 17.7 Å². The van der Waals surface area contributed by atoms with Crippen LogP contribution in [0, 0.1) is 18.2 Å². The van der Waals surface area contributed by atoms with E-state index in [1.165, 1.54) is 23.3 Å². The second kappa shape index (κ2) is 5.20. The number of amidine groups is 1. The zero-order chi connectivity index (χ0) is 15.0. The molecular formula is C17H18FN3. The molecule has 1 aliphatic heterocycles. The van der Waals surface area contributed by atoms with Crippen LogP contribution in [-0.2, 0) is 6.42 Å². The third-order valence-corrected chi connectivity index (χ3v) is 3.89. The van der Waals surface area contributed by atoms with Crippen LogP contribution in [0.15, 0.2) is 36.4 Å². The van der Waals surface area contributed by atoms with Crippen LogP contribution in [0.4, 0.5) is 15.8 Å². The fraction of sp³-hybridized carbons (Fsp3) is 0.235. The first-order valence-corrected chi connectivity index (χ1v) is 7.07. The van der Waals surface area contributed by atoms with Gasteiger partial charge in [-0.15, -0.1) is 0 Å². The summed E-state index contributed by atoms with van der Waals surface area (Å²) in [6.07, 6.45) is 2.08. The minimum absolute atomic E-state index is 0.108. The predicted molar refractivity (Wildman–Crippen MR) is 83.9 cm³/mol. The Labute approximate surface area is 123 Å². The number of aryl methyl sites for hydroxylation is 2. The largest absolute Gasteiger partial charge is 0.384 e. The maximum absolute atomic E-state index is 13.5. The van der Waals surface area contributed by atoms with Crippen molar-refractivity contribution in [3.8, 4) is 0 Å². The predicted octanol–water partition coefficient (Wildman–Crippen LogP) is 3.50. The second-order valence-corrected chi connectivity index (χ2v) is 5.46. The van der Waals surface area contributed by atoms with E-state index in [1.807, 2.05) is 0 Å². The molecule has 0 radical (unpaired) electrons. The highest BCUT2D eigenvalue weighted by molar-refractivity contribution is 6.01. The van der Waals surface area contributed by atoms with Gasteiger partial charge in [-0.3, -0.25) is 5.41 Å². The van der Waals surface area contributed by atoms with Crippen molar-refractivity contribution in [1.82, 2.24) is 0 Å². The van der Waals surface area contributed by atoms with Crippen molar-refractivity contribution >= 4 is 17.2 Å². The van der Waals surface area contributed by atoms with E-state index in [0.29, 0.717) is 5.56 Å². The molecule has 0 saturated heterocycles. The van der Waals surface area contributed by atoms with Crippen molar-refractivity contribution in [3.63, 3.8) is 0 Å². The van der Waals surface area contributed by atoms with Gasteiger partial charge in [0.2, 0.25) is 0 Å². The highest BCUT2D eigenvalue weighted by Crippen LogP contribution is 2.35. The number of nitrogens with zero attached hydrogens (tertiary/aromatic N) is 1. The van der Waals surface area contributed by atoms with E-state index in [2.05, 4.69) is 30.0 Å². The average Bonchev–Trinajstić information content (AvgIpc) is 2.46. The SMILES string of the molecule is Cc1ccc2c(c1)CCCN2c1ccc(F)cc1C(=N)N. The number of halogens is 1. The van der Waals surface area contributed by atoms with Crippen LogP contribution in [0.2, 0.25) is 0 Å². The lowest BCUT2D eigenvalue weighted by molar-refractivity contribution is 0.627. The Hall–Kier alpha value is -2.36. The van der Waals surface area contributed by atoms with Gasteiger partial charge in [0.25, 0.3) is 0 Å². The third kappa shape index (κ3) is 2.49. The molecule has 0 atom stereocenters. The zero-order valence-corrected chi connectivity index (χ0v) is 12.0. The highest BCUT2D eigenvalue weighted by atomic mass is 19.1. The Morgan fingerprint density at radius 2 is 1.95 bits per heavy atom. The minimum Gasteiger partial charge on any atom is -0.384 e. The molecule has 21 heavy (non-hydrogen) atoms. The molecule has 0 aliphatic carbocycles. The molecule has 2 aromatic carbocycles. The van der Waals surface area contributed by atoms with E-state index < -0.39 is 0 Å². The molecule has 0 aromatic heterocycles. The lowest BCUT2D eigenvalue weighted by Crippen LogP contribution is -2.27. The molecule has 1 aliphatic rings. The summed E-state index contributed by atoms with van der Waals surface area (Å²) in [5.74, 6) is -0.478. The lowest BCUT2D eigenvalue weighted by atomic mass is 9.98. The zero-order valence-electron chi connectivity index (χ0n) is 12.0. The summed E-state index contributed by atoms with van der Waals surface area (Å²) in [5, 5.41) is 7.69. The average molecular weight is 283 g/mol. The van der Waals surface area contributed by atoms with Crippen LogP contribution in [0.5, 0.6) is 0 Å². The van der Waals surface area contributed by atoms with Gasteiger partial charge in [0, 0.05) is 17.8 Å². The monoisotopic (exact) mass is 283 g/mol. The van der Waals surface area contributed by atoms with Crippen molar-refractivity contribution in [2.45, 2.75) is 19.8 Å². The molecule has 1 heterocycles. The molecule has 0 unspecified atom stereocenters. The summed E-state index contributed by atoms with van der Waals surface area (Å²) in [7, 11) is 0. The van der Waals surface area contributed by atoms with E-state index in [-0.39, 0.29) is 11.7 Å². The summed E-state index contributed by atoms with van der Waals surface area (Å²) in [5.41, 5.74) is 10.5. The van der Waals surface area contributed by atoms with Crippen molar-refractivity contribution in [2.24, 2.45) is 5.73 Å². The van der Waals surface area contributed by atoms with Crippen LogP contribution >= 0.6 is 0 Å². The molecule has 0 fully saturated rings. The van der Waals surface area contributed by atoms with E-state index >= 15 is 0 Å². The quantitative estimate of drug-likeness (QED) is 0.654. The summed E-state index contributed by atoms with van der Waals surface area (Å²) in [6.45, 7) is 2.93. The van der Waals surface area contributed by atoms with Gasteiger partial charge in [0.15, 0.2) is 0 Å². The summed E-state index contributed by atoms with van der Waals surface area (Å²) < 4.78 is 13.5. The number of nitrogen functional groups attached to an aromatic ring is 1. The summed E-state index contributed by atoms with van der Waals surface area (Å²) in [4.78, 5) is 2.13. The van der Waals surface area contributed by atoms with Crippen LogP contribution in [-0.4, -0.2) is 12.4 Å². The third-order valence-electron chi connectivity index (χ3n) is 3.89. The van der Waals surface area contributed by atoms with Gasteiger partial charge < -0.3 is 10.6 Å². The first-order chi connectivity index (χ1) is 10.1. The summed E-state index contributed by atoms with van der Waals surface area (Å²) in [6, 6.07) is 10.8. The van der Waals surface area contributed by atoms with Gasteiger partial charge in [-0.2, -0.15) is 0 Å². The molecule has 108 valence electrons. The smallest absolute Gasteiger partial charge is 0.125 e. The van der Waals surface area contributed by atoms with Crippen LogP contribution in [0.1, 0.15) is 23.1 Å². The number of nitrogens with two attached hydrogens (primary N) is 1. The number of hydrogen-bond donors (Lipinski definition) is 2. The Morgan fingerprint density at radius 3 is 2.71 bits per heavy atom. The maximum atomic E-state index is 13.5. The molecule has 3 N–H and O–H groups in total. The Balaban J connectivity index is 2.13. The van der Waals surface area contributed by atoms with E-state index in [4.69, 9.17) is 11.1 Å². The number of anilines is 2. The van der Waals surface area contributed by atoms with Gasteiger partial charge in [-0.25, -0.2) is 4.39 Å². The topological polar surface area (TPSA) is 53.1 Å². The number of fused-ring (bicyclic) bond motifs is 1. The number of benzene rings is 2. The first-order valence-electron chi connectivity index (χ1n) is 7.07. The Morgan fingerprint density at radius 1 is 1.19 bits per heavy atom. The van der Waals surface area contributed by atoms with E-state index in [1.54, 1.807) is 6.07 Å². The molecule has 0 spiro atoms. The van der Waals surface area contributed by atoms with Crippen molar-refractivity contribution in [3.05, 3.63) is 58.9 Å². The van der Waals surface area contributed by atoms with E-state index in [9.17, 15) is 4.39 Å². The van der Waals surface area contributed by atoms with Crippen LogP contribution < -0.4 is 10.6 Å². The normalized spacial score (nSPS) is 13.9. The Kier molecular flexibility index (Phi) is 3.37. The van der Waals surface area contributed by atoms with Gasteiger partial charge in [-0.05, 0) is 49.6 Å². The molecule has 0 amide bonds. The first kappa shape index (κ1) is 13.6. The second-order valence-electron chi connectivity index (χ2n) is 5.46. The van der Waals surface area contributed by atoms with E-state index in [0.717, 1.165) is 30.8 Å². The molecule has 2 aromatic rings. The fourth-order valence-corrected chi connectivity index (χ4v) is 2.94. The highest BCUT2D eigenvalue weighted by Gasteiger charge is 2.21. The standard InChI is InChI=1S/C17H18FN3/c1-11-4-6-15-12(9-11)3-2-8-21(15)16-7-5-13(18)10-14(16)17(19)20/h4-7,9-10H,2-3,8H2,1H3,(H3,19,20).